The van der Waals surface area contributed by atoms with E-state index in [1.54, 1.807) is 48.5 Å². The van der Waals surface area contributed by atoms with Gasteiger partial charge in [0, 0.05) is 26.7 Å². The van der Waals surface area contributed by atoms with Crippen LogP contribution in [0.5, 0.6) is 0 Å². The van der Waals surface area contributed by atoms with Crippen LogP contribution >= 0.6 is 46.6 Å². The number of carbonyl (C=O) groups is 2. The van der Waals surface area contributed by atoms with Gasteiger partial charge in [-0.05, 0) is 53.7 Å². The van der Waals surface area contributed by atoms with E-state index in [2.05, 4.69) is 0 Å². The van der Waals surface area contributed by atoms with Crippen molar-refractivity contribution in [3.8, 4) is 11.3 Å². The normalized spacial score (nSPS) is 15.6. The number of rotatable bonds is 4. The average Bonchev–Trinajstić information content (AvgIpc) is 3.24. The number of benzene rings is 2. The third-order valence-corrected chi connectivity index (χ3v) is 5.96. The molecular formula is C21H12Cl3NO3S. The molecule has 0 unspecified atom stereocenters. The van der Waals surface area contributed by atoms with Crippen LogP contribution in [0.15, 0.2) is 63.9 Å². The van der Waals surface area contributed by atoms with Crippen LogP contribution in [0.3, 0.4) is 0 Å². The van der Waals surface area contributed by atoms with Crippen molar-refractivity contribution in [1.29, 1.82) is 0 Å². The van der Waals surface area contributed by atoms with Crippen LogP contribution in [0, 0.1) is 0 Å². The summed E-state index contributed by atoms with van der Waals surface area (Å²) in [6.45, 7) is 0.0733. The van der Waals surface area contributed by atoms with Gasteiger partial charge in [0.25, 0.3) is 11.1 Å². The molecule has 0 bridgehead atoms. The van der Waals surface area contributed by atoms with Gasteiger partial charge >= 0.3 is 0 Å². The lowest BCUT2D eigenvalue weighted by molar-refractivity contribution is -0.123. The first-order valence-electron chi connectivity index (χ1n) is 8.46. The van der Waals surface area contributed by atoms with E-state index in [1.807, 2.05) is 12.1 Å². The molecule has 0 N–H and O–H groups in total. The van der Waals surface area contributed by atoms with Crippen LogP contribution in [0.2, 0.25) is 15.1 Å². The predicted molar refractivity (Wildman–Crippen MR) is 117 cm³/mol. The van der Waals surface area contributed by atoms with E-state index >= 15 is 0 Å². The van der Waals surface area contributed by atoms with E-state index in [9.17, 15) is 9.59 Å². The first kappa shape index (κ1) is 20.1. The van der Waals surface area contributed by atoms with E-state index in [4.69, 9.17) is 39.2 Å². The van der Waals surface area contributed by atoms with Gasteiger partial charge in [0.2, 0.25) is 0 Å². The van der Waals surface area contributed by atoms with Gasteiger partial charge in [-0.25, -0.2) is 0 Å². The van der Waals surface area contributed by atoms with Gasteiger partial charge in [-0.3, -0.25) is 14.5 Å². The monoisotopic (exact) mass is 463 g/mol. The molecule has 2 amide bonds. The van der Waals surface area contributed by atoms with Crippen molar-refractivity contribution in [3.05, 3.63) is 85.9 Å². The highest BCUT2D eigenvalue weighted by molar-refractivity contribution is 8.18. The first-order chi connectivity index (χ1) is 13.9. The fourth-order valence-corrected chi connectivity index (χ4v) is 4.29. The summed E-state index contributed by atoms with van der Waals surface area (Å²) in [5, 5.41) is 1.12. The zero-order valence-corrected chi connectivity index (χ0v) is 17.8. The molecule has 1 fully saturated rings. The highest BCUT2D eigenvalue weighted by atomic mass is 35.5. The van der Waals surface area contributed by atoms with Crippen molar-refractivity contribution in [2.75, 3.05) is 0 Å². The van der Waals surface area contributed by atoms with Gasteiger partial charge in [-0.2, -0.15) is 0 Å². The summed E-state index contributed by atoms with van der Waals surface area (Å²) >= 11 is 18.9. The van der Waals surface area contributed by atoms with Gasteiger partial charge in [-0.1, -0.05) is 53.0 Å². The van der Waals surface area contributed by atoms with Gasteiger partial charge in [-0.15, -0.1) is 0 Å². The van der Waals surface area contributed by atoms with E-state index in [1.165, 1.54) is 0 Å². The summed E-state index contributed by atoms with van der Waals surface area (Å²) in [5.74, 6) is 0.688. The summed E-state index contributed by atoms with van der Waals surface area (Å²) in [7, 11) is 0. The van der Waals surface area contributed by atoms with Crippen LogP contribution in [0.4, 0.5) is 4.79 Å². The minimum atomic E-state index is -0.397. The topological polar surface area (TPSA) is 50.5 Å². The molecule has 0 saturated carbocycles. The molecule has 2 heterocycles. The van der Waals surface area contributed by atoms with Gasteiger partial charge in [0.15, 0.2) is 0 Å². The van der Waals surface area contributed by atoms with Crippen molar-refractivity contribution in [2.24, 2.45) is 0 Å². The SMILES string of the molecule is O=C1S/C(=C\c2ccc(-c3cccc(Cl)c3)o2)C(=O)N1Cc1ccc(Cl)cc1Cl. The molecular weight excluding hydrogens is 453 g/mol. The zero-order chi connectivity index (χ0) is 20.5. The lowest BCUT2D eigenvalue weighted by Gasteiger charge is -2.13. The molecule has 0 radical (unpaired) electrons. The Hall–Kier alpha value is -2.18. The van der Waals surface area contributed by atoms with Crippen LogP contribution in [0.1, 0.15) is 11.3 Å². The Kier molecular flexibility index (Phi) is 5.74. The number of hydrogen-bond donors (Lipinski definition) is 0. The Balaban J connectivity index is 1.55. The molecule has 3 aromatic rings. The van der Waals surface area contributed by atoms with E-state index in [0.717, 1.165) is 22.2 Å². The minimum absolute atomic E-state index is 0.0733. The van der Waals surface area contributed by atoms with Gasteiger partial charge in [0.05, 0.1) is 11.4 Å². The minimum Gasteiger partial charge on any atom is -0.457 e. The maximum Gasteiger partial charge on any atom is 0.293 e. The number of amides is 2. The largest absolute Gasteiger partial charge is 0.457 e. The molecule has 0 aliphatic carbocycles. The second-order valence-electron chi connectivity index (χ2n) is 6.22. The first-order valence-corrected chi connectivity index (χ1v) is 10.4. The molecule has 146 valence electrons. The molecule has 8 heteroatoms. The Morgan fingerprint density at radius 2 is 1.76 bits per heavy atom. The molecule has 0 atom stereocenters. The highest BCUT2D eigenvalue weighted by Crippen LogP contribution is 2.35. The second kappa shape index (κ2) is 8.28. The fraction of sp³-hybridized carbons (Fsp3) is 0.0476. The quantitative estimate of drug-likeness (QED) is 0.385. The molecule has 1 saturated heterocycles. The van der Waals surface area contributed by atoms with Crippen molar-refractivity contribution in [1.82, 2.24) is 4.90 Å². The molecule has 1 aliphatic rings. The van der Waals surface area contributed by atoms with Crippen LogP contribution in [-0.2, 0) is 11.3 Å². The Bertz CT molecular complexity index is 1160. The van der Waals surface area contributed by atoms with Gasteiger partial charge in [0.1, 0.15) is 11.5 Å². The molecule has 4 rings (SSSR count). The number of nitrogens with zero attached hydrogens (tertiary/aromatic N) is 1. The fourth-order valence-electron chi connectivity index (χ4n) is 2.81. The maximum absolute atomic E-state index is 12.7. The lowest BCUT2D eigenvalue weighted by Crippen LogP contribution is -2.27. The van der Waals surface area contributed by atoms with Gasteiger partial charge < -0.3 is 4.42 Å². The number of hydrogen-bond acceptors (Lipinski definition) is 4. The summed E-state index contributed by atoms with van der Waals surface area (Å²) in [6, 6.07) is 15.7. The second-order valence-corrected chi connectivity index (χ2v) is 8.49. The number of imide groups is 1. The van der Waals surface area contributed by atoms with Crippen molar-refractivity contribution >= 4 is 63.8 Å². The molecule has 1 aromatic heterocycles. The van der Waals surface area contributed by atoms with Crippen molar-refractivity contribution in [3.63, 3.8) is 0 Å². The third-order valence-electron chi connectivity index (χ3n) is 4.23. The van der Waals surface area contributed by atoms with E-state index in [0.29, 0.717) is 32.2 Å². The van der Waals surface area contributed by atoms with Crippen LogP contribution in [0.25, 0.3) is 17.4 Å². The Morgan fingerprint density at radius 1 is 0.966 bits per heavy atom. The van der Waals surface area contributed by atoms with E-state index in [-0.39, 0.29) is 16.7 Å². The number of carbonyl (C=O) groups excluding carboxylic acids is 2. The third kappa shape index (κ3) is 4.38. The zero-order valence-electron chi connectivity index (χ0n) is 14.7. The summed E-state index contributed by atoms with van der Waals surface area (Å²) in [5.41, 5.74) is 1.46. The molecule has 29 heavy (non-hydrogen) atoms. The van der Waals surface area contributed by atoms with Crippen LogP contribution in [-0.4, -0.2) is 16.0 Å². The Labute approximate surface area is 186 Å². The summed E-state index contributed by atoms with van der Waals surface area (Å²) in [4.78, 5) is 26.5. The van der Waals surface area contributed by atoms with Crippen molar-refractivity contribution < 1.29 is 14.0 Å². The van der Waals surface area contributed by atoms with Crippen molar-refractivity contribution in [2.45, 2.75) is 6.54 Å². The standard InChI is InChI=1S/C21H12Cl3NO3S/c22-14-3-1-2-12(8-14)18-7-6-16(28-18)10-19-20(26)25(21(27)29-19)11-13-4-5-15(23)9-17(13)24/h1-10H,11H2/b19-10-. The average molecular weight is 465 g/mol. The van der Waals surface area contributed by atoms with Crippen LogP contribution < -0.4 is 0 Å². The smallest absolute Gasteiger partial charge is 0.293 e. The lowest BCUT2D eigenvalue weighted by atomic mass is 10.2. The summed E-state index contributed by atoms with van der Waals surface area (Å²) < 4.78 is 5.79. The summed E-state index contributed by atoms with van der Waals surface area (Å²) in [6.07, 6.45) is 1.56. The predicted octanol–water partition coefficient (Wildman–Crippen LogP) is 7.14. The molecule has 0 spiro atoms. The van der Waals surface area contributed by atoms with E-state index < -0.39 is 5.91 Å². The Morgan fingerprint density at radius 3 is 2.52 bits per heavy atom. The molecule has 4 nitrogen and oxygen atoms in total. The number of thioether (sulfide) groups is 1. The highest BCUT2D eigenvalue weighted by Gasteiger charge is 2.35. The molecule has 1 aliphatic heterocycles. The number of halogens is 3. The number of furan rings is 1. The maximum atomic E-state index is 12.7. The molecule has 2 aromatic carbocycles.